The zero-order chi connectivity index (χ0) is 55.7. The second-order valence-corrected chi connectivity index (χ2v) is 25.4. The fourth-order valence-corrected chi connectivity index (χ4v) is 11.2. The van der Waals surface area contributed by atoms with E-state index < -0.39 is 44.3 Å². The number of methoxy groups -OCH3 is 5. The van der Waals surface area contributed by atoms with Gasteiger partial charge in [-0.3, -0.25) is 9.36 Å². The summed E-state index contributed by atoms with van der Waals surface area (Å²) < 4.78 is 64.2. The first-order valence-electron chi connectivity index (χ1n) is 26.2. The Bertz CT molecular complexity index is 3150. The van der Waals surface area contributed by atoms with Crippen LogP contribution in [0.5, 0.6) is 28.7 Å². The molecule has 0 aliphatic carbocycles. The number of aromatic nitrogens is 4. The Hall–Kier alpha value is -7.58. The first-order chi connectivity index (χ1) is 38.3. The van der Waals surface area contributed by atoms with E-state index in [-0.39, 0.29) is 38.2 Å². The number of rotatable bonds is 19. The third-order valence-electron chi connectivity index (χ3n) is 14.8. The van der Waals surface area contributed by atoms with E-state index in [9.17, 15) is 0 Å². The molecular weight excluding hydrogens is 1020 g/mol. The van der Waals surface area contributed by atoms with Gasteiger partial charge in [0.1, 0.15) is 41.7 Å². The average molecular weight is 1090 g/mol. The molecule has 4 atom stereocenters. The van der Waals surface area contributed by atoms with Crippen molar-refractivity contribution < 1.29 is 51.9 Å². The quantitative estimate of drug-likeness (QED) is 0.0351. The average Bonchev–Trinajstić information content (AvgIpc) is 4.26. The topological polar surface area (TPSA) is 168 Å². The fraction of sp³-hybridized carbons (Fsp3) is 0.344. The van der Waals surface area contributed by atoms with Gasteiger partial charge in [0, 0.05) is 43.6 Å². The van der Waals surface area contributed by atoms with E-state index in [4.69, 9.17) is 62.0 Å². The summed E-state index contributed by atoms with van der Waals surface area (Å²) >= 11 is 0. The van der Waals surface area contributed by atoms with Crippen LogP contribution in [-0.2, 0) is 46.7 Å². The number of ether oxygens (including phenoxy) is 9. The summed E-state index contributed by atoms with van der Waals surface area (Å²) in [4.78, 5) is 31.9. The van der Waals surface area contributed by atoms with Gasteiger partial charge in [-0.1, -0.05) is 124 Å². The lowest BCUT2D eigenvalue weighted by molar-refractivity contribution is -0.114. The Morgan fingerprint density at radius 2 is 1.39 bits per heavy atom. The van der Waals surface area contributed by atoms with Gasteiger partial charge in [-0.2, -0.15) is 0 Å². The Morgan fingerprint density at radius 1 is 0.734 bits per heavy atom. The third-order valence-corrected chi connectivity index (χ3v) is 19.3. The molecule has 0 spiro atoms. The van der Waals surface area contributed by atoms with Gasteiger partial charge in [-0.25, -0.2) is 15.0 Å². The molecule has 4 heterocycles. The maximum atomic E-state index is 15.4. The summed E-state index contributed by atoms with van der Waals surface area (Å²) in [5, 5.41) is 3.70. The predicted octanol–water partition coefficient (Wildman–Crippen LogP) is 10.8. The van der Waals surface area contributed by atoms with Crippen molar-refractivity contribution in [3.05, 3.63) is 180 Å². The van der Waals surface area contributed by atoms with Gasteiger partial charge in [-0.05, 0) is 59.5 Å². The van der Waals surface area contributed by atoms with Gasteiger partial charge in [0.25, 0.3) is 5.91 Å². The highest BCUT2D eigenvalue weighted by molar-refractivity contribution is 6.74. The summed E-state index contributed by atoms with van der Waals surface area (Å²) in [5.74, 6) is 2.23. The molecule has 0 radical (unpaired) electrons. The molecule has 79 heavy (non-hydrogen) atoms. The van der Waals surface area contributed by atoms with Crippen LogP contribution in [0.25, 0.3) is 11.2 Å². The molecule has 2 aliphatic rings. The molecule has 5 aromatic carbocycles. The number of nitrogens with zero attached hydrogens (tertiary/aromatic N) is 5. The fourth-order valence-electron chi connectivity index (χ4n) is 9.88. The number of fused-ring (bicyclic) bond motifs is 4. The Labute approximate surface area is 463 Å². The first kappa shape index (κ1) is 56.1. The van der Waals surface area contributed by atoms with Crippen molar-refractivity contribution in [2.75, 3.05) is 66.0 Å². The summed E-state index contributed by atoms with van der Waals surface area (Å²) in [6.45, 7) is 10.9. The van der Waals surface area contributed by atoms with E-state index in [0.29, 0.717) is 62.5 Å². The first-order valence-corrected chi connectivity index (χ1v) is 29.1. The highest BCUT2D eigenvalue weighted by Crippen LogP contribution is 2.48. The minimum Gasteiger partial charge on any atom is -0.497 e. The number of allylic oxidation sites excluding steroid dienone is 1. The number of carbonyl (C=O) groups is 1. The molecule has 1 N–H and O–H groups in total. The Morgan fingerprint density at radius 3 is 2.00 bits per heavy atom. The molecule has 0 unspecified atom stereocenters. The molecule has 9 rings (SSSR count). The molecule has 2 aliphatic heterocycles. The highest BCUT2D eigenvalue weighted by atomic mass is 28.4. The SMILES string of the molecule is COCOc1cc2c(OCOC)c(c1OC)C/C=C/CO[C@H]1[C@@H](O[Si](C)(C)C(C)(C)C)[C@H](n3cnc4c(NC(c5ccccc5)(c5ccccc5)c5ccccc5)ncnc43)O[C@@H]1/C=C/C(=O)N2Cc1ccc(OC)cc1OC. The number of benzene rings is 5. The van der Waals surface area contributed by atoms with E-state index >= 15 is 4.79 Å². The van der Waals surface area contributed by atoms with Gasteiger partial charge in [0.2, 0.25) is 0 Å². The third kappa shape index (κ3) is 11.6. The zero-order valence-electron chi connectivity index (χ0n) is 46.5. The van der Waals surface area contributed by atoms with E-state index in [1.165, 1.54) is 26.6 Å². The lowest BCUT2D eigenvalue weighted by Crippen LogP contribution is -2.49. The van der Waals surface area contributed by atoms with Crippen molar-refractivity contribution in [3.8, 4) is 28.7 Å². The van der Waals surface area contributed by atoms with E-state index in [2.05, 4.69) is 75.6 Å². The number of imidazole rings is 1. The second kappa shape index (κ2) is 24.6. The number of anilines is 2. The van der Waals surface area contributed by atoms with E-state index in [1.807, 2.05) is 83.4 Å². The predicted molar refractivity (Wildman–Crippen MR) is 305 cm³/mol. The molecule has 414 valence electrons. The number of nitrogens with one attached hydrogen (secondary N) is 1. The lowest BCUT2D eigenvalue weighted by atomic mass is 9.77. The number of amides is 1. The molecule has 18 heteroatoms. The normalized spacial score (nSPS) is 18.8. The molecule has 2 bridgehead atoms. The molecule has 1 fully saturated rings. The van der Waals surface area contributed by atoms with Crippen molar-refractivity contribution in [2.45, 2.75) is 81.9 Å². The number of hydrogen-bond acceptors (Lipinski definition) is 15. The summed E-state index contributed by atoms with van der Waals surface area (Å²) in [7, 11) is 5.15. The maximum absolute atomic E-state index is 15.4. The van der Waals surface area contributed by atoms with Crippen LogP contribution < -0.4 is 33.9 Å². The molecular formula is C61H70N6O11Si. The van der Waals surface area contributed by atoms with Crippen LogP contribution in [0.3, 0.4) is 0 Å². The van der Waals surface area contributed by atoms with Gasteiger partial charge >= 0.3 is 0 Å². The van der Waals surface area contributed by atoms with Crippen LogP contribution >= 0.6 is 0 Å². The van der Waals surface area contributed by atoms with Crippen molar-refractivity contribution >= 4 is 36.9 Å². The summed E-state index contributed by atoms with van der Waals surface area (Å²) in [6.07, 6.45) is 7.56. The minimum absolute atomic E-state index is 0.0212. The standard InChI is InChI=1S/C61H70N6O11Si/c1-60(2,3)79(9,10)78-56-55-48(77-59(56)67-38-64-52-57(62-37-63-58(52)67)65-61(42-22-14-11-15-23-42,43-24-16-12-17-25-43)44-26-18-13-19-27-44)31-32-51(68)66(36-41-29-30-45(71-6)34-49(41)72-7)47-35-50(75-39-69-4)54(73-8)46(28-20-21-33-74-55)53(47)76-40-70-5/h11-27,29-32,34-35,37-38,48,55-56,59H,28,33,36,39-40H2,1-10H3,(H,62,63,65)/b21-20+,32-31+/t48-,55-,56-,59-/m1/s1. The van der Waals surface area contributed by atoms with Gasteiger partial charge in [0.05, 0.1) is 46.5 Å². The Balaban J connectivity index is 1.18. The largest absolute Gasteiger partial charge is 0.497 e. The van der Waals surface area contributed by atoms with Crippen LogP contribution in [0, 0.1) is 0 Å². The molecule has 1 saturated heterocycles. The highest BCUT2D eigenvalue weighted by Gasteiger charge is 2.52. The summed E-state index contributed by atoms with van der Waals surface area (Å²) in [6, 6.07) is 38.1. The smallest absolute Gasteiger partial charge is 0.251 e. The summed E-state index contributed by atoms with van der Waals surface area (Å²) in [5.41, 5.74) is 4.76. The molecule has 7 aromatic rings. The molecule has 2 aromatic heterocycles. The van der Waals surface area contributed by atoms with E-state index in [0.717, 1.165) is 16.7 Å². The van der Waals surface area contributed by atoms with Gasteiger partial charge < -0.3 is 57.3 Å². The van der Waals surface area contributed by atoms with Crippen LogP contribution in [0.4, 0.5) is 11.5 Å². The monoisotopic (exact) mass is 1090 g/mol. The number of hydrogen-bond donors (Lipinski definition) is 1. The van der Waals surface area contributed by atoms with E-state index in [1.54, 1.807) is 50.8 Å². The maximum Gasteiger partial charge on any atom is 0.251 e. The molecule has 1 amide bonds. The molecule has 0 saturated carbocycles. The van der Waals surface area contributed by atoms with Crippen LogP contribution in [0.2, 0.25) is 18.1 Å². The molecule has 17 nitrogen and oxygen atoms in total. The Kier molecular flexibility index (Phi) is 17.5. The minimum atomic E-state index is -2.61. The van der Waals surface area contributed by atoms with Crippen LogP contribution in [0.1, 0.15) is 54.8 Å². The second-order valence-electron chi connectivity index (χ2n) is 20.6. The lowest BCUT2D eigenvalue weighted by Gasteiger charge is -2.40. The van der Waals surface area contributed by atoms with Gasteiger partial charge in [0.15, 0.2) is 62.4 Å². The number of carbonyl (C=O) groups excluding carboxylic acids is 1. The van der Waals surface area contributed by atoms with Crippen LogP contribution in [0.15, 0.2) is 152 Å². The van der Waals surface area contributed by atoms with Crippen molar-refractivity contribution in [1.29, 1.82) is 0 Å². The zero-order valence-corrected chi connectivity index (χ0v) is 47.5. The van der Waals surface area contributed by atoms with Crippen molar-refractivity contribution in [2.24, 2.45) is 0 Å². The van der Waals surface area contributed by atoms with Gasteiger partial charge in [-0.15, -0.1) is 0 Å². The van der Waals surface area contributed by atoms with Crippen molar-refractivity contribution in [1.82, 2.24) is 19.5 Å². The van der Waals surface area contributed by atoms with Crippen LogP contribution in [-0.4, -0.2) is 108 Å². The van der Waals surface area contributed by atoms with Crippen molar-refractivity contribution in [3.63, 3.8) is 0 Å².